The molecule has 34 heavy (non-hydrogen) atoms. The Labute approximate surface area is 198 Å². The normalized spacial score (nSPS) is 34.6. The molecule has 182 valence electrons. The molecule has 0 amide bonds. The molecule has 5 rings (SSSR count). The van der Waals surface area contributed by atoms with Gasteiger partial charge in [0.1, 0.15) is 18.0 Å². The van der Waals surface area contributed by atoms with Crippen molar-refractivity contribution in [1.82, 2.24) is 0 Å². The van der Waals surface area contributed by atoms with Gasteiger partial charge in [-0.15, -0.1) is 0 Å². The SMILES string of the molecule is C[C@]12CCC3c4ccc(O)cc4CCC3C1C(O)[C@@H](O)[C@@H]2OC(=O)c1cccc(S(N)(=O)=O)c1. The number of rotatable bonds is 3. The molecule has 8 nitrogen and oxygen atoms in total. The Hall–Kier alpha value is -2.46. The number of benzene rings is 2. The fraction of sp³-hybridized carbons (Fsp3) is 0.480. The van der Waals surface area contributed by atoms with Crippen LogP contribution in [-0.4, -0.2) is 48.0 Å². The van der Waals surface area contributed by atoms with E-state index in [4.69, 9.17) is 9.88 Å². The Bertz CT molecular complexity index is 1250. The molecule has 0 heterocycles. The number of aliphatic hydroxyl groups is 2. The van der Waals surface area contributed by atoms with Gasteiger partial charge in [-0.05, 0) is 84.9 Å². The van der Waals surface area contributed by atoms with Crippen LogP contribution in [0.4, 0.5) is 0 Å². The molecule has 5 N–H and O–H groups in total. The fourth-order valence-corrected chi connectivity index (χ4v) is 7.35. The zero-order chi connectivity index (χ0) is 24.4. The van der Waals surface area contributed by atoms with Crippen LogP contribution in [0.2, 0.25) is 0 Å². The van der Waals surface area contributed by atoms with E-state index in [1.54, 1.807) is 12.1 Å². The first-order valence-corrected chi connectivity index (χ1v) is 13.1. The maximum atomic E-state index is 13.0. The molecular formula is C25H29NO7S. The molecule has 3 aliphatic carbocycles. The third-order valence-corrected chi connectivity index (χ3v) is 9.23. The van der Waals surface area contributed by atoms with Crippen molar-refractivity contribution in [1.29, 1.82) is 0 Å². The highest BCUT2D eigenvalue weighted by Crippen LogP contribution is 2.61. The zero-order valence-electron chi connectivity index (χ0n) is 18.8. The highest BCUT2D eigenvalue weighted by Gasteiger charge is 2.64. The molecule has 0 saturated heterocycles. The summed E-state index contributed by atoms with van der Waals surface area (Å²) in [4.78, 5) is 12.7. The van der Waals surface area contributed by atoms with E-state index in [0.717, 1.165) is 30.9 Å². The van der Waals surface area contributed by atoms with Crippen LogP contribution in [0.25, 0.3) is 0 Å². The van der Waals surface area contributed by atoms with E-state index < -0.39 is 39.7 Å². The number of ether oxygens (including phenoxy) is 1. The Balaban J connectivity index is 1.43. The van der Waals surface area contributed by atoms with Crippen molar-refractivity contribution in [2.75, 3.05) is 0 Å². The first-order valence-electron chi connectivity index (χ1n) is 11.5. The fourth-order valence-electron chi connectivity index (χ4n) is 6.79. The largest absolute Gasteiger partial charge is 0.508 e. The van der Waals surface area contributed by atoms with Crippen molar-refractivity contribution < 1.29 is 33.3 Å². The molecule has 4 unspecified atom stereocenters. The summed E-state index contributed by atoms with van der Waals surface area (Å²) in [5.41, 5.74) is 1.68. The smallest absolute Gasteiger partial charge is 0.338 e. The average molecular weight is 488 g/mol. The maximum absolute atomic E-state index is 13.0. The van der Waals surface area contributed by atoms with Gasteiger partial charge in [-0.1, -0.05) is 19.1 Å². The van der Waals surface area contributed by atoms with Crippen LogP contribution >= 0.6 is 0 Å². The first kappa shape index (κ1) is 23.3. The van der Waals surface area contributed by atoms with Crippen molar-refractivity contribution in [2.24, 2.45) is 22.4 Å². The summed E-state index contributed by atoms with van der Waals surface area (Å²) in [6.07, 6.45) is -0.203. The standard InChI is InChI=1S/C25H29NO7S/c1-25-10-9-18-17-8-6-15(27)11-13(17)5-7-19(18)20(25)21(28)22(29)23(25)33-24(30)14-3-2-4-16(12-14)34(26,31)32/h2-4,6,8,11-12,18-23,27-29H,5,7,9-10H2,1H3,(H2,26,31,32)/t18?,19?,20?,21?,22-,23+,25+/m1/s1. The molecule has 2 aromatic rings. The van der Waals surface area contributed by atoms with E-state index in [9.17, 15) is 28.5 Å². The Morgan fingerprint density at radius 2 is 1.88 bits per heavy atom. The Morgan fingerprint density at radius 1 is 1.12 bits per heavy atom. The van der Waals surface area contributed by atoms with Gasteiger partial charge in [0, 0.05) is 5.41 Å². The van der Waals surface area contributed by atoms with Crippen LogP contribution in [0.15, 0.2) is 47.4 Å². The van der Waals surface area contributed by atoms with Crippen LogP contribution in [0.3, 0.4) is 0 Å². The summed E-state index contributed by atoms with van der Waals surface area (Å²) in [6.45, 7) is 1.96. The minimum atomic E-state index is -3.99. The van der Waals surface area contributed by atoms with Crippen LogP contribution in [-0.2, 0) is 21.2 Å². The Kier molecular flexibility index (Phi) is 5.51. The predicted molar refractivity (Wildman–Crippen MR) is 123 cm³/mol. The highest BCUT2D eigenvalue weighted by atomic mass is 32.2. The van der Waals surface area contributed by atoms with E-state index >= 15 is 0 Å². The molecule has 2 aromatic carbocycles. The minimum Gasteiger partial charge on any atom is -0.508 e. The molecule has 3 aliphatic rings. The number of phenols is 1. The van der Waals surface area contributed by atoms with Gasteiger partial charge in [-0.2, -0.15) is 0 Å². The molecule has 0 aliphatic heterocycles. The van der Waals surface area contributed by atoms with Gasteiger partial charge in [0.25, 0.3) is 0 Å². The predicted octanol–water partition coefficient (Wildman–Crippen LogP) is 2.06. The zero-order valence-corrected chi connectivity index (χ0v) is 19.6. The van der Waals surface area contributed by atoms with E-state index in [-0.39, 0.29) is 34.0 Å². The number of hydrogen-bond donors (Lipinski definition) is 4. The number of carbonyl (C=O) groups is 1. The number of esters is 1. The van der Waals surface area contributed by atoms with E-state index in [2.05, 4.69) is 0 Å². The van der Waals surface area contributed by atoms with E-state index in [1.165, 1.54) is 23.8 Å². The Morgan fingerprint density at radius 3 is 2.62 bits per heavy atom. The lowest BCUT2D eigenvalue weighted by molar-refractivity contribution is -0.0678. The number of hydrogen-bond acceptors (Lipinski definition) is 7. The summed E-state index contributed by atoms with van der Waals surface area (Å²) in [6, 6.07) is 10.7. The molecule has 2 fully saturated rings. The number of aromatic hydroxyl groups is 1. The molecule has 9 heteroatoms. The number of aliphatic hydroxyl groups excluding tert-OH is 2. The summed E-state index contributed by atoms with van der Waals surface area (Å²) >= 11 is 0. The molecule has 7 atom stereocenters. The van der Waals surface area contributed by atoms with Crippen molar-refractivity contribution >= 4 is 16.0 Å². The number of phenolic OH excluding ortho intramolecular Hbond substituents is 1. The van der Waals surface area contributed by atoms with Gasteiger partial charge in [0.05, 0.1) is 16.6 Å². The van der Waals surface area contributed by atoms with Crippen molar-refractivity contribution in [3.05, 3.63) is 59.2 Å². The molecular weight excluding hydrogens is 458 g/mol. The van der Waals surface area contributed by atoms with Gasteiger partial charge in [-0.3, -0.25) is 0 Å². The molecule has 0 aromatic heterocycles. The van der Waals surface area contributed by atoms with Gasteiger partial charge >= 0.3 is 5.97 Å². The van der Waals surface area contributed by atoms with Gasteiger partial charge in [0.15, 0.2) is 0 Å². The van der Waals surface area contributed by atoms with Gasteiger partial charge in [0.2, 0.25) is 10.0 Å². The monoisotopic (exact) mass is 487 g/mol. The second kappa shape index (κ2) is 8.05. The van der Waals surface area contributed by atoms with Crippen LogP contribution in [0.1, 0.15) is 53.6 Å². The lowest BCUT2D eigenvalue weighted by Gasteiger charge is -2.50. The number of carbonyl (C=O) groups excluding carboxylic acids is 1. The molecule has 2 saturated carbocycles. The summed E-state index contributed by atoms with van der Waals surface area (Å²) in [5.74, 6) is -0.486. The van der Waals surface area contributed by atoms with Crippen molar-refractivity contribution in [3.8, 4) is 5.75 Å². The van der Waals surface area contributed by atoms with Gasteiger partial charge in [-0.25, -0.2) is 18.4 Å². The second-order valence-electron chi connectivity index (χ2n) is 10.1. The lowest BCUT2D eigenvalue weighted by atomic mass is 9.55. The van der Waals surface area contributed by atoms with Gasteiger partial charge < -0.3 is 20.1 Å². The third kappa shape index (κ3) is 3.62. The highest BCUT2D eigenvalue weighted by molar-refractivity contribution is 7.89. The third-order valence-electron chi connectivity index (χ3n) is 8.32. The maximum Gasteiger partial charge on any atom is 0.338 e. The van der Waals surface area contributed by atoms with Crippen molar-refractivity contribution in [2.45, 2.75) is 61.7 Å². The van der Waals surface area contributed by atoms with Crippen LogP contribution < -0.4 is 5.14 Å². The summed E-state index contributed by atoms with van der Waals surface area (Å²) in [5, 5.41) is 37.1. The first-order chi connectivity index (χ1) is 16.0. The van der Waals surface area contributed by atoms with Crippen LogP contribution in [0.5, 0.6) is 5.75 Å². The molecule has 0 bridgehead atoms. The number of fused-ring (bicyclic) bond motifs is 5. The van der Waals surface area contributed by atoms with E-state index in [0.29, 0.717) is 6.42 Å². The number of primary sulfonamides is 1. The summed E-state index contributed by atoms with van der Waals surface area (Å²) in [7, 11) is -3.99. The topological polar surface area (TPSA) is 147 Å². The van der Waals surface area contributed by atoms with Crippen LogP contribution in [0, 0.1) is 17.3 Å². The summed E-state index contributed by atoms with van der Waals surface area (Å²) < 4.78 is 29.1. The second-order valence-corrected chi connectivity index (χ2v) is 11.7. The number of aryl methyl sites for hydroxylation is 1. The number of sulfonamides is 1. The number of nitrogens with two attached hydrogens (primary N) is 1. The lowest BCUT2D eigenvalue weighted by Crippen LogP contribution is -2.47. The van der Waals surface area contributed by atoms with Crippen molar-refractivity contribution in [3.63, 3.8) is 0 Å². The quantitative estimate of drug-likeness (QED) is 0.485. The molecule has 0 radical (unpaired) electrons. The average Bonchev–Trinajstić information content (AvgIpc) is 2.98. The van der Waals surface area contributed by atoms with E-state index in [1.807, 2.05) is 13.0 Å². The molecule has 0 spiro atoms. The minimum absolute atomic E-state index is 0.0142.